The molecule has 37 heavy (non-hydrogen) atoms. The average Bonchev–Trinajstić information content (AvgIpc) is 3.19. The van der Waals surface area contributed by atoms with Crippen molar-refractivity contribution >= 4 is 40.9 Å². The summed E-state index contributed by atoms with van der Waals surface area (Å²) >= 11 is 5.31. The van der Waals surface area contributed by atoms with Crippen LogP contribution in [0.3, 0.4) is 0 Å². The van der Waals surface area contributed by atoms with E-state index in [0.717, 1.165) is 33.8 Å². The van der Waals surface area contributed by atoms with Crippen LogP contribution in [0.1, 0.15) is 17.0 Å². The predicted octanol–water partition coefficient (Wildman–Crippen LogP) is 5.60. The van der Waals surface area contributed by atoms with Gasteiger partial charge < -0.3 is 9.30 Å². The summed E-state index contributed by atoms with van der Waals surface area (Å²) in [6, 6.07) is 27.4. The SMILES string of the molecule is COc1ccc(N2C(=O)C(=Cc3cc(C)n(-c4ccc(-c5ccccc5)cc4)c3C)C(=O)NC2=S)cc1. The summed E-state index contributed by atoms with van der Waals surface area (Å²) in [7, 11) is 1.57. The van der Waals surface area contributed by atoms with E-state index in [1.54, 1.807) is 37.5 Å². The van der Waals surface area contributed by atoms with E-state index in [2.05, 4.69) is 46.3 Å². The number of hydrogen-bond acceptors (Lipinski definition) is 4. The monoisotopic (exact) mass is 507 g/mol. The molecule has 0 saturated carbocycles. The third-order valence-corrected chi connectivity index (χ3v) is 6.72. The van der Waals surface area contributed by atoms with Crippen LogP contribution in [0.25, 0.3) is 22.9 Å². The second kappa shape index (κ2) is 9.87. The van der Waals surface area contributed by atoms with Gasteiger partial charge in [-0.05, 0) is 91.3 Å². The Morgan fingerprint density at radius 2 is 1.46 bits per heavy atom. The van der Waals surface area contributed by atoms with Crippen molar-refractivity contribution in [3.05, 3.63) is 107 Å². The molecule has 0 aliphatic carbocycles. The van der Waals surface area contributed by atoms with Crippen molar-refractivity contribution in [3.8, 4) is 22.6 Å². The lowest BCUT2D eigenvalue weighted by atomic mass is 10.1. The Hall–Kier alpha value is -4.49. The third-order valence-electron chi connectivity index (χ3n) is 6.44. The fourth-order valence-corrected chi connectivity index (χ4v) is 4.82. The van der Waals surface area contributed by atoms with Crippen LogP contribution in [0.5, 0.6) is 5.75 Å². The van der Waals surface area contributed by atoms with Gasteiger partial charge in [-0.3, -0.25) is 19.8 Å². The molecule has 0 spiro atoms. The zero-order valence-corrected chi connectivity index (χ0v) is 21.5. The highest BCUT2D eigenvalue weighted by Gasteiger charge is 2.34. The van der Waals surface area contributed by atoms with Crippen LogP contribution in [0.2, 0.25) is 0 Å². The number of anilines is 1. The molecule has 6 nitrogen and oxygen atoms in total. The highest BCUT2D eigenvalue weighted by molar-refractivity contribution is 7.80. The highest BCUT2D eigenvalue weighted by atomic mass is 32.1. The number of benzene rings is 3. The van der Waals surface area contributed by atoms with Crippen molar-refractivity contribution in [2.75, 3.05) is 12.0 Å². The number of aromatic nitrogens is 1. The number of carbonyl (C=O) groups excluding carboxylic acids is 2. The van der Waals surface area contributed by atoms with Crippen molar-refractivity contribution in [1.82, 2.24) is 9.88 Å². The van der Waals surface area contributed by atoms with Gasteiger partial charge in [0.2, 0.25) is 0 Å². The second-order valence-corrected chi connectivity index (χ2v) is 9.12. The van der Waals surface area contributed by atoms with Gasteiger partial charge in [-0.25, -0.2) is 0 Å². The lowest BCUT2D eigenvalue weighted by molar-refractivity contribution is -0.122. The molecule has 0 bridgehead atoms. The van der Waals surface area contributed by atoms with Gasteiger partial charge in [0, 0.05) is 17.1 Å². The lowest BCUT2D eigenvalue weighted by Gasteiger charge is -2.29. The molecule has 1 aliphatic heterocycles. The lowest BCUT2D eigenvalue weighted by Crippen LogP contribution is -2.54. The van der Waals surface area contributed by atoms with Gasteiger partial charge in [0.1, 0.15) is 11.3 Å². The van der Waals surface area contributed by atoms with Crippen LogP contribution in [0, 0.1) is 13.8 Å². The van der Waals surface area contributed by atoms with E-state index in [0.29, 0.717) is 11.4 Å². The number of ether oxygens (including phenoxy) is 1. The Balaban J connectivity index is 1.48. The Morgan fingerprint density at radius 1 is 0.838 bits per heavy atom. The summed E-state index contributed by atoms with van der Waals surface area (Å²) < 4.78 is 7.31. The van der Waals surface area contributed by atoms with Gasteiger partial charge >= 0.3 is 0 Å². The summed E-state index contributed by atoms with van der Waals surface area (Å²) in [6.07, 6.45) is 1.63. The number of nitrogens with one attached hydrogen (secondary N) is 1. The number of aryl methyl sites for hydroxylation is 1. The minimum atomic E-state index is -0.517. The fraction of sp³-hybridized carbons (Fsp3) is 0.100. The van der Waals surface area contributed by atoms with E-state index in [1.807, 2.05) is 38.1 Å². The molecule has 184 valence electrons. The smallest absolute Gasteiger partial charge is 0.270 e. The number of carbonyl (C=O) groups is 2. The van der Waals surface area contributed by atoms with Crippen LogP contribution >= 0.6 is 12.2 Å². The fourth-order valence-electron chi connectivity index (χ4n) is 4.54. The van der Waals surface area contributed by atoms with Crippen molar-refractivity contribution in [1.29, 1.82) is 0 Å². The summed E-state index contributed by atoms with van der Waals surface area (Å²) in [6.45, 7) is 3.98. The van der Waals surface area contributed by atoms with Gasteiger partial charge in [-0.2, -0.15) is 0 Å². The Kier molecular flexibility index (Phi) is 6.46. The first-order valence-corrected chi connectivity index (χ1v) is 12.2. The molecule has 0 atom stereocenters. The molecule has 1 fully saturated rings. The third kappa shape index (κ3) is 4.57. The van der Waals surface area contributed by atoms with Crippen molar-refractivity contribution in [3.63, 3.8) is 0 Å². The van der Waals surface area contributed by atoms with Crippen molar-refractivity contribution in [2.24, 2.45) is 0 Å². The predicted molar refractivity (Wildman–Crippen MR) is 150 cm³/mol. The molecule has 5 rings (SSSR count). The number of thiocarbonyl (C=S) groups is 1. The molecule has 1 aliphatic rings. The maximum absolute atomic E-state index is 13.4. The zero-order chi connectivity index (χ0) is 26.1. The number of amides is 2. The van der Waals surface area contributed by atoms with Gasteiger partial charge in [-0.15, -0.1) is 0 Å². The molecule has 0 unspecified atom stereocenters. The molecular weight excluding hydrogens is 482 g/mol. The molecule has 2 amide bonds. The second-order valence-electron chi connectivity index (χ2n) is 8.73. The van der Waals surface area contributed by atoms with E-state index in [9.17, 15) is 9.59 Å². The normalized spacial score (nSPS) is 14.7. The number of methoxy groups -OCH3 is 1. The van der Waals surface area contributed by atoms with Crippen LogP contribution in [-0.2, 0) is 9.59 Å². The molecule has 1 N–H and O–H groups in total. The molecule has 7 heteroatoms. The topological polar surface area (TPSA) is 63.6 Å². The Labute approximate surface area is 220 Å². The maximum Gasteiger partial charge on any atom is 0.270 e. The first kappa shape index (κ1) is 24.2. The summed E-state index contributed by atoms with van der Waals surface area (Å²) in [5.74, 6) is -0.337. The number of nitrogens with zero attached hydrogens (tertiary/aromatic N) is 2. The van der Waals surface area contributed by atoms with Crippen LogP contribution in [-0.4, -0.2) is 28.6 Å². The Morgan fingerprint density at radius 3 is 2.11 bits per heavy atom. The van der Waals surface area contributed by atoms with Crippen LogP contribution in [0.15, 0.2) is 90.5 Å². The van der Waals surface area contributed by atoms with Gasteiger partial charge in [-0.1, -0.05) is 42.5 Å². The number of hydrogen-bond donors (Lipinski definition) is 1. The molecule has 4 aromatic rings. The molecular formula is C30H25N3O3S. The zero-order valence-electron chi connectivity index (χ0n) is 20.7. The average molecular weight is 508 g/mol. The van der Waals surface area contributed by atoms with Crippen LogP contribution < -0.4 is 15.0 Å². The van der Waals surface area contributed by atoms with Crippen LogP contribution in [0.4, 0.5) is 5.69 Å². The highest BCUT2D eigenvalue weighted by Crippen LogP contribution is 2.28. The van der Waals surface area contributed by atoms with E-state index >= 15 is 0 Å². The van der Waals surface area contributed by atoms with E-state index in [-0.39, 0.29) is 10.7 Å². The minimum absolute atomic E-state index is 0.0177. The first-order chi connectivity index (χ1) is 17.9. The molecule has 1 aromatic heterocycles. The van der Waals surface area contributed by atoms with Gasteiger partial charge in [0.15, 0.2) is 5.11 Å². The number of rotatable bonds is 5. The standard InChI is InChI=1S/C30H25N3O3S/c1-19-17-23(20(2)32(19)24-11-9-22(10-12-24)21-7-5-4-6-8-21)18-27-28(34)31-30(37)33(29(27)35)25-13-15-26(36-3)16-14-25/h4-18H,1-3H3,(H,31,34,37). The largest absolute Gasteiger partial charge is 0.497 e. The Bertz CT molecular complexity index is 1540. The summed E-state index contributed by atoms with van der Waals surface area (Å²) in [5.41, 5.74) is 6.54. The molecule has 2 heterocycles. The first-order valence-electron chi connectivity index (χ1n) is 11.8. The maximum atomic E-state index is 13.4. The van der Waals surface area contributed by atoms with Gasteiger partial charge in [0.25, 0.3) is 11.8 Å². The summed E-state index contributed by atoms with van der Waals surface area (Å²) in [4.78, 5) is 27.5. The van der Waals surface area contributed by atoms with Crippen molar-refractivity contribution in [2.45, 2.75) is 13.8 Å². The molecule has 0 radical (unpaired) electrons. The molecule has 3 aromatic carbocycles. The van der Waals surface area contributed by atoms with Gasteiger partial charge in [0.05, 0.1) is 12.8 Å². The van der Waals surface area contributed by atoms with E-state index < -0.39 is 11.8 Å². The molecule has 1 saturated heterocycles. The quantitative estimate of drug-likeness (QED) is 0.217. The van der Waals surface area contributed by atoms with Crippen molar-refractivity contribution < 1.29 is 14.3 Å². The summed E-state index contributed by atoms with van der Waals surface area (Å²) in [5, 5.41) is 2.69. The minimum Gasteiger partial charge on any atom is -0.497 e. The van der Waals surface area contributed by atoms with E-state index in [1.165, 1.54) is 4.90 Å². The van der Waals surface area contributed by atoms with E-state index in [4.69, 9.17) is 17.0 Å².